The first-order valence-electron chi connectivity index (χ1n) is 7.86. The van der Waals surface area contributed by atoms with Gasteiger partial charge in [-0.05, 0) is 13.0 Å². The van der Waals surface area contributed by atoms with E-state index < -0.39 is 10.2 Å². The molecule has 9 heteroatoms. The number of benzene rings is 2. The van der Waals surface area contributed by atoms with Gasteiger partial charge < -0.3 is 5.32 Å². The predicted octanol–water partition coefficient (Wildman–Crippen LogP) is 5.49. The summed E-state index contributed by atoms with van der Waals surface area (Å²) in [6.07, 6.45) is 0. The number of nitro groups is 1. The van der Waals surface area contributed by atoms with Gasteiger partial charge in [0.15, 0.2) is 4.34 Å². The van der Waals surface area contributed by atoms with Gasteiger partial charge in [0.25, 0.3) is 5.69 Å². The van der Waals surface area contributed by atoms with Gasteiger partial charge in [-0.15, -0.1) is 11.3 Å². The van der Waals surface area contributed by atoms with Crippen molar-refractivity contribution < 1.29 is 9.72 Å². The number of nitrogens with one attached hydrogen (secondary N) is 1. The molecule has 0 aliphatic rings. The Morgan fingerprint density at radius 1 is 1.30 bits per heavy atom. The van der Waals surface area contributed by atoms with Crippen LogP contribution in [-0.2, 0) is 4.79 Å². The number of hydrogen-bond donors (Lipinski definition) is 1. The van der Waals surface area contributed by atoms with Gasteiger partial charge in [0.1, 0.15) is 0 Å². The molecule has 3 rings (SSSR count). The van der Waals surface area contributed by atoms with Crippen LogP contribution >= 0.6 is 34.7 Å². The van der Waals surface area contributed by atoms with Crippen LogP contribution in [0.5, 0.6) is 0 Å². The van der Waals surface area contributed by atoms with Crippen molar-refractivity contribution in [1.82, 2.24) is 4.98 Å². The zero-order valence-electron chi connectivity index (χ0n) is 14.1. The third kappa shape index (κ3) is 4.85. The number of nitro benzene ring substituents is 1. The predicted molar refractivity (Wildman–Crippen MR) is 110 cm³/mol. The SMILES string of the molecule is C[C@H](Sc1nc(-c2ccccc2)cs1)C(=O)Nc1cc([N+](=O)[O-])ccc1Cl. The standard InChI is InChI=1S/C18H14ClN3O3S2/c1-11(17(23)20-15-9-13(22(24)25)7-8-14(15)19)27-18-21-16(10-26-18)12-5-3-2-4-6-12/h2-11H,1H3,(H,20,23)/t11-/m0/s1. The summed E-state index contributed by atoms with van der Waals surface area (Å²) in [5, 5.41) is 15.3. The Morgan fingerprint density at radius 2 is 2.04 bits per heavy atom. The Labute approximate surface area is 168 Å². The van der Waals surface area contributed by atoms with Crippen molar-refractivity contribution in [2.24, 2.45) is 0 Å². The quantitative estimate of drug-likeness (QED) is 0.324. The van der Waals surface area contributed by atoms with Gasteiger partial charge in [0.05, 0.1) is 26.6 Å². The first-order valence-corrected chi connectivity index (χ1v) is 10.00. The summed E-state index contributed by atoms with van der Waals surface area (Å²) in [6, 6.07) is 13.7. The molecular weight excluding hydrogens is 406 g/mol. The average Bonchev–Trinajstić information content (AvgIpc) is 3.12. The Kier molecular flexibility index (Phi) is 6.10. The van der Waals surface area contributed by atoms with E-state index in [2.05, 4.69) is 10.3 Å². The lowest BCUT2D eigenvalue weighted by Gasteiger charge is -2.11. The Bertz CT molecular complexity index is 979. The van der Waals surface area contributed by atoms with Crippen LogP contribution in [-0.4, -0.2) is 21.1 Å². The highest BCUT2D eigenvalue weighted by molar-refractivity contribution is 8.02. The molecule has 1 aromatic heterocycles. The number of thiazole rings is 1. The van der Waals surface area contributed by atoms with Crippen molar-refractivity contribution in [3.63, 3.8) is 0 Å². The summed E-state index contributed by atoms with van der Waals surface area (Å²) in [5.74, 6) is -0.307. The van der Waals surface area contributed by atoms with Gasteiger partial charge in [-0.3, -0.25) is 14.9 Å². The molecule has 2 aromatic carbocycles. The Morgan fingerprint density at radius 3 is 2.74 bits per heavy atom. The van der Waals surface area contributed by atoms with Crippen LogP contribution in [0.2, 0.25) is 5.02 Å². The number of hydrogen-bond acceptors (Lipinski definition) is 6. The number of amides is 1. The van der Waals surface area contributed by atoms with E-state index in [1.807, 2.05) is 35.7 Å². The largest absolute Gasteiger partial charge is 0.324 e. The number of carbonyl (C=O) groups is 1. The van der Waals surface area contributed by atoms with Crippen molar-refractivity contribution in [1.29, 1.82) is 0 Å². The first-order chi connectivity index (χ1) is 12.9. The zero-order chi connectivity index (χ0) is 19.4. The fraction of sp³-hybridized carbons (Fsp3) is 0.111. The summed E-state index contributed by atoms with van der Waals surface area (Å²) in [7, 11) is 0. The molecule has 27 heavy (non-hydrogen) atoms. The molecule has 0 spiro atoms. The molecule has 1 amide bonds. The van der Waals surface area contributed by atoms with E-state index in [9.17, 15) is 14.9 Å². The normalized spacial score (nSPS) is 11.8. The van der Waals surface area contributed by atoms with Crippen molar-refractivity contribution in [3.8, 4) is 11.3 Å². The number of rotatable bonds is 6. The van der Waals surface area contributed by atoms with Crippen LogP contribution in [0, 0.1) is 10.1 Å². The van der Waals surface area contributed by atoms with E-state index in [1.54, 1.807) is 6.92 Å². The molecule has 138 valence electrons. The van der Waals surface area contributed by atoms with E-state index in [0.717, 1.165) is 15.6 Å². The molecule has 1 N–H and O–H groups in total. The molecule has 0 aliphatic heterocycles. The molecule has 0 aliphatic carbocycles. The highest BCUT2D eigenvalue weighted by Crippen LogP contribution is 2.32. The minimum atomic E-state index is -0.537. The second-order valence-corrected chi connectivity index (χ2v) is 8.39. The summed E-state index contributed by atoms with van der Waals surface area (Å²) in [5.41, 5.74) is 1.95. The molecule has 0 unspecified atom stereocenters. The molecule has 0 saturated carbocycles. The third-order valence-electron chi connectivity index (χ3n) is 3.62. The fourth-order valence-electron chi connectivity index (χ4n) is 2.21. The average molecular weight is 420 g/mol. The van der Waals surface area contributed by atoms with E-state index in [4.69, 9.17) is 11.6 Å². The summed E-state index contributed by atoms with van der Waals surface area (Å²) < 4.78 is 0.765. The maximum absolute atomic E-state index is 12.4. The zero-order valence-corrected chi connectivity index (χ0v) is 16.5. The van der Waals surface area contributed by atoms with Crippen LogP contribution in [0.4, 0.5) is 11.4 Å². The van der Waals surface area contributed by atoms with Crippen LogP contribution in [0.3, 0.4) is 0 Å². The topological polar surface area (TPSA) is 85.1 Å². The van der Waals surface area contributed by atoms with Gasteiger partial charge in [0.2, 0.25) is 5.91 Å². The molecule has 0 bridgehead atoms. The van der Waals surface area contributed by atoms with Crippen LogP contribution in [0.25, 0.3) is 11.3 Å². The fourth-order valence-corrected chi connectivity index (χ4v) is 4.35. The highest BCUT2D eigenvalue weighted by Gasteiger charge is 2.19. The minimum absolute atomic E-state index is 0.137. The maximum atomic E-state index is 12.4. The second kappa shape index (κ2) is 8.51. The summed E-state index contributed by atoms with van der Waals surface area (Å²) >= 11 is 8.81. The number of non-ortho nitro benzene ring substituents is 1. The number of thioether (sulfide) groups is 1. The number of halogens is 1. The Balaban J connectivity index is 1.67. The van der Waals surface area contributed by atoms with E-state index in [0.29, 0.717) is 0 Å². The summed E-state index contributed by atoms with van der Waals surface area (Å²) in [4.78, 5) is 27.3. The van der Waals surface area contributed by atoms with Crippen molar-refractivity contribution >= 4 is 52.0 Å². The second-order valence-electron chi connectivity index (χ2n) is 5.54. The lowest BCUT2D eigenvalue weighted by atomic mass is 10.2. The molecule has 0 fully saturated rings. The Hall–Kier alpha value is -2.42. The lowest BCUT2D eigenvalue weighted by Crippen LogP contribution is -2.22. The molecule has 1 heterocycles. The van der Waals surface area contributed by atoms with E-state index in [-0.39, 0.29) is 22.3 Å². The van der Waals surface area contributed by atoms with Gasteiger partial charge in [0, 0.05) is 23.1 Å². The molecule has 0 radical (unpaired) electrons. The van der Waals surface area contributed by atoms with Crippen LogP contribution < -0.4 is 5.32 Å². The van der Waals surface area contributed by atoms with Crippen molar-refractivity contribution in [2.75, 3.05) is 5.32 Å². The maximum Gasteiger partial charge on any atom is 0.271 e. The third-order valence-corrected chi connectivity index (χ3v) is 6.02. The van der Waals surface area contributed by atoms with Crippen LogP contribution in [0.15, 0.2) is 58.3 Å². The molecule has 0 saturated heterocycles. The van der Waals surface area contributed by atoms with Crippen molar-refractivity contribution in [3.05, 3.63) is 69.0 Å². The molecule has 6 nitrogen and oxygen atoms in total. The smallest absolute Gasteiger partial charge is 0.271 e. The van der Waals surface area contributed by atoms with E-state index >= 15 is 0 Å². The highest BCUT2D eigenvalue weighted by atomic mass is 35.5. The van der Waals surface area contributed by atoms with Gasteiger partial charge >= 0.3 is 0 Å². The number of nitrogens with zero attached hydrogens (tertiary/aromatic N) is 2. The molecule has 3 aromatic rings. The minimum Gasteiger partial charge on any atom is -0.324 e. The van der Waals surface area contributed by atoms with Gasteiger partial charge in [-0.2, -0.15) is 0 Å². The van der Waals surface area contributed by atoms with Gasteiger partial charge in [-0.1, -0.05) is 53.7 Å². The van der Waals surface area contributed by atoms with Crippen molar-refractivity contribution in [2.45, 2.75) is 16.5 Å². The monoisotopic (exact) mass is 419 g/mol. The first kappa shape index (κ1) is 19.3. The lowest BCUT2D eigenvalue weighted by molar-refractivity contribution is -0.384. The summed E-state index contributed by atoms with van der Waals surface area (Å²) in [6.45, 7) is 1.74. The molecule has 1 atom stereocenters. The number of carbonyl (C=O) groups excluding carboxylic acids is 1. The van der Waals surface area contributed by atoms with Crippen LogP contribution in [0.1, 0.15) is 6.92 Å². The van der Waals surface area contributed by atoms with E-state index in [1.165, 1.54) is 41.3 Å². The molecular formula is C18H14ClN3O3S2. The van der Waals surface area contributed by atoms with Gasteiger partial charge in [-0.25, -0.2) is 4.98 Å². The number of anilines is 1. The number of aromatic nitrogens is 1.